The van der Waals surface area contributed by atoms with Crippen LogP contribution in [0.1, 0.15) is 53.5 Å². The van der Waals surface area contributed by atoms with Crippen molar-refractivity contribution in [3.05, 3.63) is 95.7 Å². The molecule has 0 aliphatic carbocycles. The van der Waals surface area contributed by atoms with Crippen molar-refractivity contribution < 1.29 is 32.5 Å². The number of aromatic nitrogens is 5. The van der Waals surface area contributed by atoms with Crippen LogP contribution in [-0.4, -0.2) is 62.2 Å². The van der Waals surface area contributed by atoms with E-state index in [9.17, 15) is 4.79 Å². The second kappa shape index (κ2) is 17.5. The summed E-state index contributed by atoms with van der Waals surface area (Å²) in [6.07, 6.45) is 4.91. The van der Waals surface area contributed by atoms with Gasteiger partial charge in [-0.25, -0.2) is 23.5 Å². The zero-order valence-corrected chi connectivity index (χ0v) is 31.8. The van der Waals surface area contributed by atoms with Gasteiger partial charge >= 0.3 is 5.97 Å². The van der Waals surface area contributed by atoms with Crippen molar-refractivity contribution in [1.82, 2.24) is 30.0 Å². The minimum absolute atomic E-state index is 0.0866. The van der Waals surface area contributed by atoms with E-state index < -0.39 is 29.2 Å². The van der Waals surface area contributed by atoms with Gasteiger partial charge < -0.3 is 29.6 Å². The van der Waals surface area contributed by atoms with Gasteiger partial charge in [0.2, 0.25) is 0 Å². The van der Waals surface area contributed by atoms with Gasteiger partial charge in [0.05, 0.1) is 48.8 Å². The first kappa shape index (κ1) is 39.7. The van der Waals surface area contributed by atoms with Crippen LogP contribution in [0.2, 0.25) is 5.02 Å². The maximum absolute atomic E-state index is 15.1. The second-order valence-corrected chi connectivity index (χ2v) is 14.0. The molecular formula is C39H44ClF2N7O5. The molecule has 54 heavy (non-hydrogen) atoms. The predicted molar refractivity (Wildman–Crippen MR) is 203 cm³/mol. The maximum Gasteiger partial charge on any atom is 0.328 e. The first-order valence-electron chi connectivity index (χ1n) is 17.5. The Morgan fingerprint density at radius 1 is 1.06 bits per heavy atom. The van der Waals surface area contributed by atoms with Gasteiger partial charge in [0.15, 0.2) is 23.3 Å². The minimum atomic E-state index is -0.749. The summed E-state index contributed by atoms with van der Waals surface area (Å²) < 4.78 is 54.3. The average Bonchev–Trinajstić information content (AvgIpc) is 3.47. The Hall–Kier alpha value is -5.50. The average molecular weight is 764 g/mol. The van der Waals surface area contributed by atoms with Gasteiger partial charge in [-0.1, -0.05) is 43.6 Å². The van der Waals surface area contributed by atoms with Crippen LogP contribution in [0, 0.1) is 17.6 Å². The van der Waals surface area contributed by atoms with Crippen LogP contribution in [0.25, 0.3) is 22.4 Å². The third kappa shape index (κ3) is 10.1. The fourth-order valence-corrected chi connectivity index (χ4v) is 5.57. The Balaban J connectivity index is 1.35. The second-order valence-electron chi connectivity index (χ2n) is 13.6. The lowest BCUT2D eigenvalue weighted by Gasteiger charge is -2.27. The number of nitrogens with zero attached hydrogens (tertiary/aromatic N) is 5. The number of fused-ring (bicyclic) bond motifs is 1. The molecule has 0 radical (unpaired) electrons. The largest absolute Gasteiger partial charge is 0.494 e. The molecule has 2 N–H and O–H groups in total. The summed E-state index contributed by atoms with van der Waals surface area (Å²) in [7, 11) is 0. The number of para-hydroxylation sites is 1. The molecular weight excluding hydrogens is 720 g/mol. The molecule has 15 heteroatoms. The topological polar surface area (TPSA) is 135 Å². The van der Waals surface area contributed by atoms with Crippen LogP contribution in [0.3, 0.4) is 0 Å². The normalized spacial score (nSPS) is 12.0. The number of esters is 1. The number of carbonyl (C=O) groups excluding carboxylic acids is 1. The van der Waals surface area contributed by atoms with E-state index in [4.69, 9.17) is 40.6 Å². The highest BCUT2D eigenvalue weighted by molar-refractivity contribution is 6.33. The Kier molecular flexibility index (Phi) is 12.9. The highest BCUT2D eigenvalue weighted by Crippen LogP contribution is 2.33. The van der Waals surface area contributed by atoms with Crippen LogP contribution < -0.4 is 20.1 Å². The van der Waals surface area contributed by atoms with Crippen molar-refractivity contribution in [3.8, 4) is 23.0 Å². The van der Waals surface area contributed by atoms with E-state index in [1.165, 1.54) is 17.1 Å². The summed E-state index contributed by atoms with van der Waals surface area (Å²) in [5.74, 6) is -0.852. The van der Waals surface area contributed by atoms with Crippen molar-refractivity contribution in [3.63, 3.8) is 0 Å². The quantitative estimate of drug-likeness (QED) is 0.0539. The van der Waals surface area contributed by atoms with Gasteiger partial charge in [0, 0.05) is 41.9 Å². The molecule has 0 saturated heterocycles. The van der Waals surface area contributed by atoms with Gasteiger partial charge in [-0.05, 0) is 52.3 Å². The predicted octanol–water partition coefficient (Wildman–Crippen LogP) is 8.22. The van der Waals surface area contributed by atoms with Gasteiger partial charge in [-0.3, -0.25) is 9.67 Å². The summed E-state index contributed by atoms with van der Waals surface area (Å²) in [4.78, 5) is 26.3. The number of anilines is 2. The number of benzene rings is 2. The molecule has 0 aliphatic rings. The standard InChI is InChI=1S/C39H44ClF2N7O5/c1-8-51-25-18-29(41)27(30(42)19-25)22-49-32-13-10-9-12-26(32)35(48-49)37-44-21-33(36(47-37)46-31-14-15-43-20-28(31)40)52-16-11-17-53-38(50)34(23(2)3)45-24(4)54-39(5,6)7/h9-10,12-15,18-21,23,34,45H,4,8,11,16-17,22H2,1-3,5-7H3,(H,43,44,46,47)/t34-/m0/s1. The lowest BCUT2D eigenvalue weighted by molar-refractivity contribution is -0.148. The van der Waals surface area contributed by atoms with E-state index in [0.717, 1.165) is 12.1 Å². The number of carbonyl (C=O) groups is 1. The van der Waals surface area contributed by atoms with Crippen LogP contribution >= 0.6 is 11.6 Å². The number of halogens is 3. The van der Waals surface area contributed by atoms with Crippen molar-refractivity contribution in [2.75, 3.05) is 25.1 Å². The van der Waals surface area contributed by atoms with Crippen LogP contribution in [0.15, 0.2) is 73.5 Å². The van der Waals surface area contributed by atoms with E-state index in [1.54, 1.807) is 31.3 Å². The van der Waals surface area contributed by atoms with Crippen molar-refractivity contribution in [2.24, 2.45) is 5.92 Å². The fraction of sp³-hybridized carbons (Fsp3) is 0.359. The van der Waals surface area contributed by atoms with Crippen molar-refractivity contribution >= 4 is 40.0 Å². The Labute approximate surface area is 317 Å². The number of rotatable bonds is 17. The molecule has 3 heterocycles. The maximum atomic E-state index is 15.1. The minimum Gasteiger partial charge on any atom is -0.494 e. The molecule has 12 nitrogen and oxygen atoms in total. The Bertz CT molecular complexity index is 2080. The third-order valence-corrected chi connectivity index (χ3v) is 8.14. The molecule has 3 aromatic heterocycles. The molecule has 0 bridgehead atoms. The molecule has 0 unspecified atom stereocenters. The molecule has 286 valence electrons. The van der Waals surface area contributed by atoms with Crippen molar-refractivity contribution in [2.45, 2.75) is 66.2 Å². The van der Waals surface area contributed by atoms with Gasteiger partial charge in [-0.2, -0.15) is 5.10 Å². The molecule has 5 aromatic rings. The first-order valence-corrected chi connectivity index (χ1v) is 17.9. The number of ether oxygens (including phenoxy) is 4. The lowest BCUT2D eigenvalue weighted by atomic mass is 10.1. The van der Waals surface area contributed by atoms with E-state index in [2.05, 4.69) is 27.2 Å². The zero-order chi connectivity index (χ0) is 39.0. The molecule has 2 aromatic carbocycles. The van der Waals surface area contributed by atoms with E-state index in [-0.39, 0.29) is 66.9 Å². The molecule has 5 rings (SSSR count). The Morgan fingerprint density at radius 2 is 1.80 bits per heavy atom. The summed E-state index contributed by atoms with van der Waals surface area (Å²) in [5, 5.41) is 11.9. The van der Waals surface area contributed by atoms with Crippen LogP contribution in [0.4, 0.5) is 20.3 Å². The van der Waals surface area contributed by atoms with Gasteiger partial charge in [-0.15, -0.1) is 0 Å². The smallest absolute Gasteiger partial charge is 0.328 e. The molecule has 0 saturated carbocycles. The summed E-state index contributed by atoms with van der Waals surface area (Å²) >= 11 is 6.42. The van der Waals surface area contributed by atoms with Crippen molar-refractivity contribution in [1.29, 1.82) is 0 Å². The molecule has 0 aliphatic heterocycles. The number of hydrogen-bond acceptors (Lipinski definition) is 11. The van der Waals surface area contributed by atoms with Gasteiger partial charge in [0.1, 0.15) is 34.7 Å². The fourth-order valence-electron chi connectivity index (χ4n) is 5.40. The Morgan fingerprint density at radius 3 is 2.48 bits per heavy atom. The number of hydrogen-bond donors (Lipinski definition) is 2. The van der Waals surface area contributed by atoms with E-state index >= 15 is 8.78 Å². The van der Waals surface area contributed by atoms with Gasteiger partial charge in [0.25, 0.3) is 0 Å². The summed E-state index contributed by atoms with van der Waals surface area (Å²) in [6.45, 7) is 15.4. The van der Waals surface area contributed by atoms with Crippen LogP contribution in [0.5, 0.6) is 11.5 Å². The lowest BCUT2D eigenvalue weighted by Crippen LogP contribution is -2.43. The molecule has 1 atom stereocenters. The molecule has 0 spiro atoms. The van der Waals surface area contributed by atoms with E-state index in [0.29, 0.717) is 33.7 Å². The number of pyridine rings is 1. The third-order valence-electron chi connectivity index (χ3n) is 7.84. The molecule has 0 fully saturated rings. The first-order chi connectivity index (χ1) is 25.7. The zero-order valence-electron chi connectivity index (χ0n) is 31.1. The highest BCUT2D eigenvalue weighted by Gasteiger charge is 2.26. The number of nitrogens with one attached hydrogen (secondary N) is 2. The monoisotopic (exact) mass is 763 g/mol. The SMILES string of the molecule is C=C(N[C@H](C(=O)OCCCOc1cnc(-c2nn(Cc3c(F)cc(OCC)cc3F)c3ccccc23)nc1Nc1ccncc1Cl)C(C)C)OC(C)(C)C. The van der Waals surface area contributed by atoms with E-state index in [1.807, 2.05) is 46.8 Å². The molecule has 0 amide bonds. The van der Waals surface area contributed by atoms with Crippen LogP contribution in [-0.2, 0) is 20.8 Å². The highest BCUT2D eigenvalue weighted by atomic mass is 35.5. The summed E-state index contributed by atoms with van der Waals surface area (Å²) in [6, 6.07) is 10.6. The summed E-state index contributed by atoms with van der Waals surface area (Å²) in [5.41, 5.74) is 0.866.